The largest absolute Gasteiger partial charge is 0.493 e. The van der Waals surface area contributed by atoms with Gasteiger partial charge in [0.1, 0.15) is 17.9 Å². The molecule has 2 aromatic rings. The lowest BCUT2D eigenvalue weighted by molar-refractivity contribution is -0.386. The van der Waals surface area contributed by atoms with Crippen molar-refractivity contribution in [2.24, 2.45) is 0 Å². The smallest absolute Gasteiger partial charge is 0.327 e. The average Bonchev–Trinajstić information content (AvgIpc) is 2.83. The molecule has 178 valence electrons. The third kappa shape index (κ3) is 5.40. The Morgan fingerprint density at radius 3 is 2.27 bits per heavy atom. The number of amides is 1. The summed E-state index contributed by atoms with van der Waals surface area (Å²) < 4.78 is 21.4. The molecule has 0 saturated carbocycles. The minimum absolute atomic E-state index is 0.0617. The molecular weight excluding hydrogens is 454 g/mol. The van der Waals surface area contributed by atoms with Gasteiger partial charge in [-0.3, -0.25) is 19.8 Å². The van der Waals surface area contributed by atoms with E-state index < -0.39 is 16.5 Å². The predicted octanol–water partition coefficient (Wildman–Crippen LogP) is 3.11. The number of nitro groups is 1. The van der Waals surface area contributed by atoms with Crippen LogP contribution in [0.4, 0.5) is 5.69 Å². The molecule has 1 aliphatic rings. The zero-order valence-corrected chi connectivity index (χ0v) is 19.5. The van der Waals surface area contributed by atoms with Crippen LogP contribution in [0, 0.1) is 10.1 Å². The van der Waals surface area contributed by atoms with Gasteiger partial charge in [-0.2, -0.15) is 0 Å². The molecule has 1 fully saturated rings. The lowest BCUT2D eigenvalue weighted by atomic mass is 10.1. The Bertz CT molecular complexity index is 1010. The number of hydrogen-bond acceptors (Lipinski definition) is 8. The topological polar surface area (TPSA) is 104 Å². The number of methoxy groups -OCH3 is 3. The van der Waals surface area contributed by atoms with Crippen molar-refractivity contribution < 1.29 is 28.7 Å². The Hall–Kier alpha value is -3.24. The minimum Gasteiger partial charge on any atom is -0.493 e. The first kappa shape index (κ1) is 24.4. The third-order valence-electron chi connectivity index (χ3n) is 5.38. The molecule has 0 aromatic heterocycles. The van der Waals surface area contributed by atoms with E-state index in [2.05, 4.69) is 4.90 Å². The molecule has 10 nitrogen and oxygen atoms in total. The Balaban J connectivity index is 1.68. The number of para-hydroxylation sites is 1. The van der Waals surface area contributed by atoms with Gasteiger partial charge < -0.3 is 23.8 Å². The van der Waals surface area contributed by atoms with Crippen molar-refractivity contribution >= 4 is 23.2 Å². The van der Waals surface area contributed by atoms with Crippen LogP contribution in [0.1, 0.15) is 10.4 Å². The lowest BCUT2D eigenvalue weighted by Gasteiger charge is -2.34. The highest BCUT2D eigenvalue weighted by Gasteiger charge is 2.35. The molecule has 1 heterocycles. The van der Waals surface area contributed by atoms with E-state index in [1.54, 1.807) is 11.0 Å². The molecule has 2 aromatic carbocycles. The van der Waals surface area contributed by atoms with Gasteiger partial charge in [0.15, 0.2) is 5.75 Å². The van der Waals surface area contributed by atoms with E-state index in [0.717, 1.165) is 0 Å². The monoisotopic (exact) mass is 479 g/mol. The maximum Gasteiger partial charge on any atom is 0.327 e. The molecule has 11 heteroatoms. The van der Waals surface area contributed by atoms with Crippen molar-refractivity contribution in [2.75, 3.05) is 60.7 Å². The van der Waals surface area contributed by atoms with Crippen molar-refractivity contribution in [3.63, 3.8) is 0 Å². The molecule has 3 rings (SSSR count). The summed E-state index contributed by atoms with van der Waals surface area (Å²) in [6.45, 7) is 3.16. The van der Waals surface area contributed by atoms with E-state index in [-0.39, 0.29) is 22.8 Å². The van der Waals surface area contributed by atoms with E-state index >= 15 is 0 Å². The van der Waals surface area contributed by atoms with Gasteiger partial charge in [0, 0.05) is 38.8 Å². The Kier molecular flexibility index (Phi) is 8.18. The summed E-state index contributed by atoms with van der Waals surface area (Å²) in [5.41, 5.74) is -0.555. The number of carbonyl (C=O) groups is 1. The number of nitrogens with zero attached hydrogens (tertiary/aromatic N) is 3. The normalized spacial score (nSPS) is 14.0. The van der Waals surface area contributed by atoms with Crippen LogP contribution in [-0.2, 0) is 0 Å². The lowest BCUT2D eigenvalue weighted by Crippen LogP contribution is -2.49. The Morgan fingerprint density at radius 1 is 1.03 bits per heavy atom. The van der Waals surface area contributed by atoms with Gasteiger partial charge in [-0.05, 0) is 12.1 Å². The number of hydrogen-bond donors (Lipinski definition) is 0. The zero-order chi connectivity index (χ0) is 24.0. The molecular formula is C22H26ClN3O7. The van der Waals surface area contributed by atoms with Crippen LogP contribution in [0.15, 0.2) is 30.3 Å². The van der Waals surface area contributed by atoms with Crippen LogP contribution in [0.5, 0.6) is 23.0 Å². The highest BCUT2D eigenvalue weighted by molar-refractivity contribution is 6.32. The average molecular weight is 480 g/mol. The van der Waals surface area contributed by atoms with Gasteiger partial charge in [-0.15, -0.1) is 0 Å². The summed E-state index contributed by atoms with van der Waals surface area (Å²) in [4.78, 5) is 28.1. The number of nitro benzene ring substituents is 1. The maximum absolute atomic E-state index is 13.2. The SMILES string of the molecule is COc1cc(C(=O)N2CCN(CCOc3ccccc3Cl)CC2)c([N+](=O)[O-])c(OC)c1OC. The van der Waals surface area contributed by atoms with Crippen LogP contribution >= 0.6 is 11.6 Å². The van der Waals surface area contributed by atoms with Gasteiger partial charge in [0.2, 0.25) is 11.5 Å². The fraction of sp³-hybridized carbons (Fsp3) is 0.409. The van der Waals surface area contributed by atoms with E-state index in [1.807, 2.05) is 18.2 Å². The molecule has 0 aliphatic carbocycles. The third-order valence-corrected chi connectivity index (χ3v) is 5.69. The molecule has 0 N–H and O–H groups in total. The quantitative estimate of drug-likeness (QED) is 0.399. The minimum atomic E-state index is -0.643. The summed E-state index contributed by atoms with van der Waals surface area (Å²) in [6.07, 6.45) is 0. The molecule has 1 saturated heterocycles. The molecule has 1 aliphatic heterocycles. The Labute approximate surface area is 196 Å². The van der Waals surface area contributed by atoms with Crippen molar-refractivity contribution in [2.45, 2.75) is 0 Å². The van der Waals surface area contributed by atoms with Crippen LogP contribution in [0.3, 0.4) is 0 Å². The highest BCUT2D eigenvalue weighted by Crippen LogP contribution is 2.46. The van der Waals surface area contributed by atoms with Gasteiger partial charge in [0.05, 0.1) is 31.3 Å². The van der Waals surface area contributed by atoms with Crippen molar-refractivity contribution in [1.82, 2.24) is 9.80 Å². The maximum atomic E-state index is 13.2. The summed E-state index contributed by atoms with van der Waals surface area (Å²) >= 11 is 6.10. The molecule has 0 spiro atoms. The van der Waals surface area contributed by atoms with Gasteiger partial charge in [-0.25, -0.2) is 0 Å². The molecule has 1 amide bonds. The van der Waals surface area contributed by atoms with Crippen molar-refractivity contribution in [1.29, 1.82) is 0 Å². The van der Waals surface area contributed by atoms with Crippen LogP contribution in [-0.4, -0.2) is 81.3 Å². The number of halogens is 1. The van der Waals surface area contributed by atoms with E-state index in [0.29, 0.717) is 50.1 Å². The second-order valence-electron chi connectivity index (χ2n) is 7.21. The standard InChI is InChI=1S/C22H26ClN3O7/c1-30-18-14-15(19(26(28)29)21(32-3)20(18)31-2)22(27)25-10-8-24(9-11-25)12-13-33-17-7-5-4-6-16(17)23/h4-7,14H,8-13H2,1-3H3. The van der Waals surface area contributed by atoms with Crippen LogP contribution < -0.4 is 18.9 Å². The summed E-state index contributed by atoms with van der Waals surface area (Å²) in [7, 11) is 4.02. The van der Waals surface area contributed by atoms with Gasteiger partial charge in [-0.1, -0.05) is 23.7 Å². The first-order valence-corrected chi connectivity index (χ1v) is 10.6. The molecule has 0 radical (unpaired) electrons. The number of benzene rings is 2. The fourth-order valence-electron chi connectivity index (χ4n) is 3.68. The molecule has 0 bridgehead atoms. The van der Waals surface area contributed by atoms with E-state index in [9.17, 15) is 14.9 Å². The molecule has 0 unspecified atom stereocenters. The zero-order valence-electron chi connectivity index (χ0n) is 18.7. The number of piperazine rings is 1. The second-order valence-corrected chi connectivity index (χ2v) is 7.62. The number of carbonyl (C=O) groups excluding carboxylic acids is 1. The summed E-state index contributed by atoms with van der Waals surface area (Å²) in [6, 6.07) is 8.59. The highest BCUT2D eigenvalue weighted by atomic mass is 35.5. The van der Waals surface area contributed by atoms with Crippen LogP contribution in [0.25, 0.3) is 0 Å². The van der Waals surface area contributed by atoms with Gasteiger partial charge >= 0.3 is 5.69 Å². The first-order chi connectivity index (χ1) is 15.9. The second kappa shape index (κ2) is 11.1. The van der Waals surface area contributed by atoms with Crippen molar-refractivity contribution in [3.05, 3.63) is 51.0 Å². The summed E-state index contributed by atoms with van der Waals surface area (Å²) in [5, 5.41) is 12.4. The Morgan fingerprint density at radius 2 is 1.70 bits per heavy atom. The van der Waals surface area contributed by atoms with E-state index in [1.165, 1.54) is 27.4 Å². The number of ether oxygens (including phenoxy) is 4. The molecule has 33 heavy (non-hydrogen) atoms. The van der Waals surface area contributed by atoms with Crippen LogP contribution in [0.2, 0.25) is 5.02 Å². The first-order valence-electron chi connectivity index (χ1n) is 10.3. The fourth-order valence-corrected chi connectivity index (χ4v) is 3.87. The number of rotatable bonds is 9. The molecule has 0 atom stereocenters. The van der Waals surface area contributed by atoms with Crippen molar-refractivity contribution in [3.8, 4) is 23.0 Å². The van der Waals surface area contributed by atoms with E-state index in [4.69, 9.17) is 30.5 Å². The summed E-state index contributed by atoms with van der Waals surface area (Å²) in [5.74, 6) is 0.251. The van der Waals surface area contributed by atoms with Gasteiger partial charge in [0.25, 0.3) is 5.91 Å². The predicted molar refractivity (Wildman–Crippen MR) is 122 cm³/mol.